The Kier molecular flexibility index (Phi) is 3.26. The number of aliphatic hydroxyl groups is 1. The predicted molar refractivity (Wildman–Crippen MR) is 84.2 cm³/mol. The summed E-state index contributed by atoms with van der Waals surface area (Å²) in [5.74, 6) is -1.28. The highest BCUT2D eigenvalue weighted by Gasteiger charge is 2.65. The molecule has 2 aliphatic heterocycles. The van der Waals surface area contributed by atoms with Gasteiger partial charge in [-0.05, 0) is 43.9 Å². The average molecular weight is 314 g/mol. The lowest BCUT2D eigenvalue weighted by molar-refractivity contribution is -0.127. The monoisotopic (exact) mass is 314 g/mol. The number of Topliss-reactive ketones (excluding diaryl/α,β-unsaturated/α-hetero) is 2. The second-order valence-electron chi connectivity index (χ2n) is 7.42. The summed E-state index contributed by atoms with van der Waals surface area (Å²) in [7, 11) is 0. The molecule has 2 unspecified atom stereocenters. The Labute approximate surface area is 135 Å². The summed E-state index contributed by atoms with van der Waals surface area (Å²) in [6.07, 6.45) is 0.233. The number of ketones is 2. The molecule has 2 heterocycles. The van der Waals surface area contributed by atoms with Crippen LogP contribution < -0.4 is 0 Å². The van der Waals surface area contributed by atoms with E-state index in [1.54, 1.807) is 0 Å². The highest BCUT2D eigenvalue weighted by Crippen LogP contribution is 2.54. The minimum Gasteiger partial charge on any atom is -0.396 e. The van der Waals surface area contributed by atoms with Crippen molar-refractivity contribution in [2.45, 2.75) is 45.3 Å². The van der Waals surface area contributed by atoms with Gasteiger partial charge in [0.25, 0.3) is 0 Å². The van der Waals surface area contributed by atoms with Crippen molar-refractivity contribution in [1.82, 2.24) is 0 Å². The van der Waals surface area contributed by atoms with Crippen LogP contribution in [-0.4, -0.2) is 35.5 Å². The summed E-state index contributed by atoms with van der Waals surface area (Å²) in [5, 5.41) is 9.49. The number of carbonyl (C=O) groups excluding carboxylic acids is 2. The van der Waals surface area contributed by atoms with Gasteiger partial charge in [-0.15, -0.1) is 0 Å². The SMILES string of the molecule is Cc1cc(C)c(C2C(=O)[C@@H]3[C@H](C2=O)[C@@H]2O[C@H]3CC2CO)c(C)c1. The summed E-state index contributed by atoms with van der Waals surface area (Å²) in [4.78, 5) is 26.1. The van der Waals surface area contributed by atoms with Gasteiger partial charge in [0, 0.05) is 12.5 Å². The molecule has 1 aromatic carbocycles. The van der Waals surface area contributed by atoms with Crippen molar-refractivity contribution >= 4 is 11.6 Å². The Bertz CT molecular complexity index is 684. The summed E-state index contributed by atoms with van der Waals surface area (Å²) >= 11 is 0. The Morgan fingerprint density at radius 2 is 1.70 bits per heavy atom. The molecule has 122 valence electrons. The Hall–Kier alpha value is -1.52. The molecule has 3 aliphatic rings. The molecule has 3 fully saturated rings. The van der Waals surface area contributed by atoms with Crippen LogP contribution >= 0.6 is 0 Å². The summed E-state index contributed by atoms with van der Waals surface area (Å²) in [6.45, 7) is 6.01. The minimum atomic E-state index is -0.642. The fraction of sp³-hybridized carbons (Fsp3) is 0.579. The highest BCUT2D eigenvalue weighted by molar-refractivity contribution is 6.17. The zero-order valence-corrected chi connectivity index (χ0v) is 13.7. The van der Waals surface area contributed by atoms with E-state index in [2.05, 4.69) is 0 Å². The van der Waals surface area contributed by atoms with Gasteiger partial charge in [0.2, 0.25) is 0 Å². The maximum Gasteiger partial charge on any atom is 0.154 e. The first kappa shape index (κ1) is 15.0. The molecule has 4 rings (SSSR count). The molecule has 4 nitrogen and oxygen atoms in total. The largest absolute Gasteiger partial charge is 0.396 e. The van der Waals surface area contributed by atoms with E-state index in [1.165, 1.54) is 0 Å². The van der Waals surface area contributed by atoms with E-state index in [0.717, 1.165) is 22.3 Å². The minimum absolute atomic E-state index is 0.000651. The standard InChI is InChI=1S/C19H22O4/c1-8-4-9(2)13(10(3)5-8)15-17(21)14-12-6-11(7-20)19(23-12)16(14)18(15)22/h4-5,11-12,14-16,19-20H,6-7H2,1-3H3/t11?,12-,14-,15?,16+,19+/m0/s1. The van der Waals surface area contributed by atoms with Crippen molar-refractivity contribution in [3.63, 3.8) is 0 Å². The molecule has 2 bridgehead atoms. The van der Waals surface area contributed by atoms with Crippen molar-refractivity contribution in [3.05, 3.63) is 34.4 Å². The molecular weight excluding hydrogens is 292 g/mol. The zero-order chi connectivity index (χ0) is 16.5. The van der Waals surface area contributed by atoms with Gasteiger partial charge in [-0.1, -0.05) is 17.7 Å². The summed E-state index contributed by atoms with van der Waals surface area (Å²) < 4.78 is 5.85. The van der Waals surface area contributed by atoms with Crippen LogP contribution in [0.25, 0.3) is 0 Å². The first-order chi connectivity index (χ1) is 10.9. The first-order valence-corrected chi connectivity index (χ1v) is 8.35. The van der Waals surface area contributed by atoms with Crippen LogP contribution in [0.4, 0.5) is 0 Å². The molecule has 2 saturated heterocycles. The van der Waals surface area contributed by atoms with Crippen LogP contribution in [0.1, 0.15) is 34.6 Å². The molecule has 0 aromatic heterocycles. The van der Waals surface area contributed by atoms with Crippen molar-refractivity contribution in [1.29, 1.82) is 0 Å². The molecule has 23 heavy (non-hydrogen) atoms. The number of ether oxygens (including phenoxy) is 1. The first-order valence-electron chi connectivity index (χ1n) is 8.35. The number of rotatable bonds is 2. The van der Waals surface area contributed by atoms with E-state index in [4.69, 9.17) is 4.74 Å². The molecule has 6 atom stereocenters. The Balaban J connectivity index is 1.76. The predicted octanol–water partition coefficient (Wildman–Crippen LogP) is 1.86. The molecular formula is C19H22O4. The number of aliphatic hydroxyl groups excluding tert-OH is 1. The van der Waals surface area contributed by atoms with Gasteiger partial charge in [-0.25, -0.2) is 0 Å². The summed E-state index contributed by atoms with van der Waals surface area (Å²) in [5.41, 5.74) is 4.06. The molecule has 0 spiro atoms. The normalized spacial score (nSPS) is 38.4. The van der Waals surface area contributed by atoms with Crippen LogP contribution in [0.2, 0.25) is 0 Å². The maximum absolute atomic E-state index is 13.1. The fourth-order valence-electron chi connectivity index (χ4n) is 5.18. The molecule has 0 amide bonds. The van der Waals surface area contributed by atoms with Gasteiger partial charge in [-0.2, -0.15) is 0 Å². The van der Waals surface area contributed by atoms with Crippen molar-refractivity contribution in [3.8, 4) is 0 Å². The lowest BCUT2D eigenvalue weighted by Crippen LogP contribution is -2.36. The van der Waals surface area contributed by atoms with E-state index in [9.17, 15) is 14.7 Å². The average Bonchev–Trinajstić information content (AvgIpc) is 3.12. The zero-order valence-electron chi connectivity index (χ0n) is 13.7. The molecule has 0 radical (unpaired) electrons. The Morgan fingerprint density at radius 1 is 1.09 bits per heavy atom. The second-order valence-corrected chi connectivity index (χ2v) is 7.42. The third kappa shape index (κ3) is 1.91. The van der Waals surface area contributed by atoms with Crippen LogP contribution in [0.15, 0.2) is 12.1 Å². The number of fused-ring (bicyclic) bond motifs is 5. The number of benzene rings is 1. The molecule has 1 saturated carbocycles. The Morgan fingerprint density at radius 3 is 2.30 bits per heavy atom. The maximum atomic E-state index is 13.1. The summed E-state index contributed by atoms with van der Waals surface area (Å²) in [6, 6.07) is 4.08. The third-order valence-corrected chi connectivity index (χ3v) is 5.96. The molecule has 4 heteroatoms. The molecule has 1 N–H and O–H groups in total. The fourth-order valence-corrected chi connectivity index (χ4v) is 5.18. The quantitative estimate of drug-likeness (QED) is 0.846. The number of hydrogen-bond donors (Lipinski definition) is 1. The number of hydrogen-bond acceptors (Lipinski definition) is 4. The molecule has 1 aliphatic carbocycles. The third-order valence-electron chi connectivity index (χ3n) is 5.96. The van der Waals surface area contributed by atoms with E-state index in [0.29, 0.717) is 6.42 Å². The lowest BCUT2D eigenvalue weighted by Gasteiger charge is -2.24. The van der Waals surface area contributed by atoms with Crippen LogP contribution in [0, 0.1) is 38.5 Å². The lowest BCUT2D eigenvalue weighted by atomic mass is 9.75. The van der Waals surface area contributed by atoms with Crippen molar-refractivity contribution in [2.75, 3.05) is 6.61 Å². The number of carbonyl (C=O) groups is 2. The van der Waals surface area contributed by atoms with Gasteiger partial charge in [-0.3, -0.25) is 9.59 Å². The topological polar surface area (TPSA) is 63.6 Å². The van der Waals surface area contributed by atoms with Gasteiger partial charge in [0.15, 0.2) is 11.6 Å². The van der Waals surface area contributed by atoms with Crippen LogP contribution in [0.3, 0.4) is 0 Å². The van der Waals surface area contributed by atoms with E-state index in [1.807, 2.05) is 32.9 Å². The van der Waals surface area contributed by atoms with E-state index >= 15 is 0 Å². The van der Waals surface area contributed by atoms with E-state index < -0.39 is 5.92 Å². The number of aryl methyl sites for hydroxylation is 3. The van der Waals surface area contributed by atoms with Crippen molar-refractivity contribution < 1.29 is 19.4 Å². The van der Waals surface area contributed by atoms with Gasteiger partial charge in [0.05, 0.1) is 24.0 Å². The van der Waals surface area contributed by atoms with Crippen LogP contribution in [0.5, 0.6) is 0 Å². The second kappa shape index (κ2) is 4.99. The van der Waals surface area contributed by atoms with Gasteiger partial charge in [0.1, 0.15) is 5.92 Å². The molecule has 1 aromatic rings. The van der Waals surface area contributed by atoms with Crippen LogP contribution in [-0.2, 0) is 14.3 Å². The van der Waals surface area contributed by atoms with E-state index in [-0.39, 0.29) is 48.1 Å². The van der Waals surface area contributed by atoms with Crippen molar-refractivity contribution in [2.24, 2.45) is 17.8 Å². The smallest absolute Gasteiger partial charge is 0.154 e. The van der Waals surface area contributed by atoms with Gasteiger partial charge < -0.3 is 9.84 Å². The van der Waals surface area contributed by atoms with Gasteiger partial charge >= 0.3 is 0 Å². The highest BCUT2D eigenvalue weighted by atomic mass is 16.5.